The van der Waals surface area contributed by atoms with Gasteiger partial charge in [0.1, 0.15) is 5.75 Å². The fourth-order valence-electron chi connectivity index (χ4n) is 3.02. The summed E-state index contributed by atoms with van der Waals surface area (Å²) in [7, 11) is 1.50. The number of halogens is 3. The molecule has 0 aromatic heterocycles. The molecule has 28 heavy (non-hydrogen) atoms. The van der Waals surface area contributed by atoms with E-state index in [0.717, 1.165) is 0 Å². The first-order valence-electron chi connectivity index (χ1n) is 8.38. The molecule has 2 aromatic rings. The lowest BCUT2D eigenvalue weighted by Gasteiger charge is -2.19. The second-order valence-corrected chi connectivity index (χ2v) is 7.47. The molecule has 1 fully saturated rings. The summed E-state index contributed by atoms with van der Waals surface area (Å²) in [4.78, 5) is 26.7. The second-order valence-electron chi connectivity index (χ2n) is 6.06. The molecule has 1 N–H and O–H groups in total. The van der Waals surface area contributed by atoms with Gasteiger partial charge >= 0.3 is 0 Å². The van der Waals surface area contributed by atoms with Gasteiger partial charge in [-0.1, -0.05) is 41.6 Å². The maximum atomic E-state index is 12.8. The number of amides is 2. The number of alkyl halides is 2. The topological polar surface area (TPSA) is 58.6 Å². The van der Waals surface area contributed by atoms with Crippen LogP contribution in [0.2, 0.25) is 5.02 Å². The largest absolute Gasteiger partial charge is 0.495 e. The van der Waals surface area contributed by atoms with Gasteiger partial charge in [-0.2, -0.15) is 8.78 Å². The summed E-state index contributed by atoms with van der Waals surface area (Å²) < 4.78 is 30.9. The monoisotopic (exact) mass is 426 g/mol. The van der Waals surface area contributed by atoms with Gasteiger partial charge in [-0.3, -0.25) is 9.59 Å². The number of ether oxygens (including phenoxy) is 1. The number of anilines is 2. The lowest BCUT2D eigenvalue weighted by atomic mass is 10.1. The van der Waals surface area contributed by atoms with E-state index in [1.165, 1.54) is 24.1 Å². The third-order valence-electron chi connectivity index (χ3n) is 4.30. The molecule has 0 spiro atoms. The maximum Gasteiger partial charge on any atom is 0.289 e. The highest BCUT2D eigenvalue weighted by Gasteiger charge is 2.36. The summed E-state index contributed by atoms with van der Waals surface area (Å²) in [5.74, 6) is -3.41. The van der Waals surface area contributed by atoms with E-state index >= 15 is 0 Å². The van der Waals surface area contributed by atoms with E-state index < -0.39 is 17.6 Å². The molecule has 1 heterocycles. The zero-order chi connectivity index (χ0) is 20.3. The molecule has 1 unspecified atom stereocenters. The number of hydrogen-bond donors (Lipinski definition) is 1. The number of carbonyl (C=O) groups is 2. The zero-order valence-electron chi connectivity index (χ0n) is 14.8. The molecular weight excluding hydrogens is 410 g/mol. The van der Waals surface area contributed by atoms with Crippen molar-refractivity contribution < 1.29 is 23.1 Å². The highest BCUT2D eigenvalue weighted by atomic mass is 35.5. The van der Waals surface area contributed by atoms with E-state index in [1.54, 1.807) is 30.3 Å². The van der Waals surface area contributed by atoms with Crippen LogP contribution < -0.4 is 15.0 Å². The number of carbonyl (C=O) groups excluding carboxylic acids is 2. The molecule has 2 amide bonds. The quantitative estimate of drug-likeness (QED) is 0.683. The van der Waals surface area contributed by atoms with E-state index in [0.29, 0.717) is 11.4 Å². The average molecular weight is 427 g/mol. The highest BCUT2D eigenvalue weighted by Crippen LogP contribution is 2.38. The summed E-state index contributed by atoms with van der Waals surface area (Å²) in [5, 5.41) is 2.76. The summed E-state index contributed by atoms with van der Waals surface area (Å²) in [5.41, 5.74) is 0.785. The Bertz CT molecular complexity index is 897. The second kappa shape index (κ2) is 8.79. The number of thioether (sulfide) groups is 1. The highest BCUT2D eigenvalue weighted by molar-refractivity contribution is 7.99. The lowest BCUT2D eigenvalue weighted by molar-refractivity contribution is -0.122. The molecule has 5 nitrogen and oxygen atoms in total. The van der Waals surface area contributed by atoms with Crippen molar-refractivity contribution >= 4 is 46.6 Å². The van der Waals surface area contributed by atoms with Crippen LogP contribution in [0.4, 0.5) is 20.2 Å². The van der Waals surface area contributed by atoms with Gasteiger partial charge in [-0.05, 0) is 24.3 Å². The van der Waals surface area contributed by atoms with Crippen molar-refractivity contribution in [3.05, 3.63) is 47.5 Å². The minimum absolute atomic E-state index is 0.0156. The van der Waals surface area contributed by atoms with Gasteiger partial charge < -0.3 is 15.0 Å². The van der Waals surface area contributed by atoms with E-state index in [4.69, 9.17) is 16.3 Å². The zero-order valence-corrected chi connectivity index (χ0v) is 16.4. The van der Waals surface area contributed by atoms with Crippen molar-refractivity contribution in [1.82, 2.24) is 0 Å². The Morgan fingerprint density at radius 3 is 2.75 bits per heavy atom. The molecule has 3 rings (SSSR count). The Morgan fingerprint density at radius 1 is 1.29 bits per heavy atom. The Labute approximate surface area is 170 Å². The molecule has 1 aliphatic heterocycles. The molecule has 148 valence electrons. The van der Waals surface area contributed by atoms with Crippen LogP contribution in [0.3, 0.4) is 0 Å². The standard InChI is InChI=1S/C19H17ClF2N2O3S/c1-27-15-8-3-2-7-14(15)24-10-11(9-16(24)25)18(26)23-13-6-4-5-12(20)17(13)28-19(21)22/h2-8,11,19H,9-10H2,1H3,(H,23,26). The SMILES string of the molecule is COc1ccccc1N1CC(C(=O)Nc2cccc(Cl)c2SC(F)F)CC1=O. The first kappa shape index (κ1) is 20.4. The number of benzene rings is 2. The summed E-state index contributed by atoms with van der Waals surface area (Å²) in [6.45, 7) is 0.170. The van der Waals surface area contributed by atoms with Gasteiger partial charge in [0.2, 0.25) is 11.8 Å². The minimum atomic E-state index is -2.68. The van der Waals surface area contributed by atoms with Crippen molar-refractivity contribution in [2.45, 2.75) is 17.1 Å². The van der Waals surface area contributed by atoms with E-state index in [-0.39, 0.29) is 46.2 Å². The first-order chi connectivity index (χ1) is 13.4. The van der Waals surface area contributed by atoms with Crippen LogP contribution in [0.1, 0.15) is 6.42 Å². The van der Waals surface area contributed by atoms with Crippen molar-refractivity contribution in [2.24, 2.45) is 5.92 Å². The Hall–Kier alpha value is -2.32. The average Bonchev–Trinajstić information content (AvgIpc) is 3.06. The molecule has 0 bridgehead atoms. The fraction of sp³-hybridized carbons (Fsp3) is 0.263. The molecule has 1 aliphatic rings. The molecule has 9 heteroatoms. The summed E-state index contributed by atoms with van der Waals surface area (Å²) in [6, 6.07) is 11.6. The number of hydrogen-bond acceptors (Lipinski definition) is 4. The Balaban J connectivity index is 1.77. The number of rotatable bonds is 6. The van der Waals surface area contributed by atoms with Crippen molar-refractivity contribution in [3.8, 4) is 5.75 Å². The minimum Gasteiger partial charge on any atom is -0.495 e. The molecular formula is C19H17ClF2N2O3S. The molecule has 0 saturated carbocycles. The van der Waals surface area contributed by atoms with Gasteiger partial charge in [-0.15, -0.1) is 0 Å². The normalized spacial score (nSPS) is 16.5. The lowest BCUT2D eigenvalue weighted by Crippen LogP contribution is -2.28. The van der Waals surface area contributed by atoms with Crippen molar-refractivity contribution in [2.75, 3.05) is 23.9 Å². The molecule has 1 atom stereocenters. The van der Waals surface area contributed by atoms with Crippen LogP contribution in [0.5, 0.6) is 5.75 Å². The molecule has 0 aliphatic carbocycles. The van der Waals surface area contributed by atoms with E-state index in [9.17, 15) is 18.4 Å². The molecule has 0 radical (unpaired) electrons. The van der Waals surface area contributed by atoms with Gasteiger partial charge in [0.25, 0.3) is 5.76 Å². The van der Waals surface area contributed by atoms with Gasteiger partial charge in [0.05, 0.1) is 34.3 Å². The smallest absolute Gasteiger partial charge is 0.289 e. The summed E-state index contributed by atoms with van der Waals surface area (Å²) in [6.07, 6.45) is 0.0156. The van der Waals surface area contributed by atoms with Crippen LogP contribution in [-0.2, 0) is 9.59 Å². The van der Waals surface area contributed by atoms with Gasteiger partial charge in [0, 0.05) is 13.0 Å². The fourth-order valence-corrected chi connectivity index (χ4v) is 3.93. The predicted molar refractivity (Wildman–Crippen MR) is 105 cm³/mol. The number of para-hydroxylation sites is 2. The predicted octanol–water partition coefficient (Wildman–Crippen LogP) is 4.65. The van der Waals surface area contributed by atoms with Crippen LogP contribution in [0.15, 0.2) is 47.4 Å². The van der Waals surface area contributed by atoms with Crippen LogP contribution in [-0.4, -0.2) is 31.2 Å². The van der Waals surface area contributed by atoms with E-state index in [1.807, 2.05) is 0 Å². The van der Waals surface area contributed by atoms with Crippen LogP contribution in [0, 0.1) is 5.92 Å². The first-order valence-corrected chi connectivity index (χ1v) is 9.64. The Morgan fingerprint density at radius 2 is 2.04 bits per heavy atom. The van der Waals surface area contributed by atoms with E-state index in [2.05, 4.69) is 5.32 Å². The molecule has 2 aromatic carbocycles. The summed E-state index contributed by atoms with van der Waals surface area (Å²) >= 11 is 6.26. The van der Waals surface area contributed by atoms with Crippen molar-refractivity contribution in [1.29, 1.82) is 0 Å². The van der Waals surface area contributed by atoms with Crippen LogP contribution in [0.25, 0.3) is 0 Å². The third kappa shape index (κ3) is 4.39. The number of methoxy groups -OCH3 is 1. The van der Waals surface area contributed by atoms with Gasteiger partial charge in [-0.25, -0.2) is 0 Å². The number of nitrogens with zero attached hydrogens (tertiary/aromatic N) is 1. The van der Waals surface area contributed by atoms with Crippen molar-refractivity contribution in [3.63, 3.8) is 0 Å². The Kier molecular flexibility index (Phi) is 6.41. The van der Waals surface area contributed by atoms with Gasteiger partial charge in [0.15, 0.2) is 0 Å². The maximum absolute atomic E-state index is 12.8. The third-order valence-corrected chi connectivity index (χ3v) is 5.58. The molecule has 1 saturated heterocycles. The number of nitrogens with one attached hydrogen (secondary N) is 1. The van der Waals surface area contributed by atoms with Crippen LogP contribution >= 0.6 is 23.4 Å².